The Morgan fingerprint density at radius 3 is 2.59 bits per heavy atom. The first-order valence-electron chi connectivity index (χ1n) is 10.8. The van der Waals surface area contributed by atoms with Crippen molar-refractivity contribution in [3.63, 3.8) is 0 Å². The molecule has 0 radical (unpaired) electrons. The maximum Gasteiger partial charge on any atom is 0.193 e. The summed E-state index contributed by atoms with van der Waals surface area (Å²) in [6, 6.07) is 22.4. The van der Waals surface area contributed by atoms with Crippen LogP contribution in [0.4, 0.5) is 11.4 Å². The van der Waals surface area contributed by atoms with Gasteiger partial charge in [0, 0.05) is 23.2 Å². The number of hydrogen-bond donors (Lipinski definition) is 2. The summed E-state index contributed by atoms with van der Waals surface area (Å²) >= 11 is 0. The minimum absolute atomic E-state index is 0.0333. The summed E-state index contributed by atoms with van der Waals surface area (Å²) in [5, 5.41) is 7.03. The molecule has 3 aromatic carbocycles. The minimum atomic E-state index is -0.337. The molecular weight excluding hydrogens is 400 g/mol. The van der Waals surface area contributed by atoms with Gasteiger partial charge in [0.25, 0.3) is 0 Å². The van der Waals surface area contributed by atoms with Gasteiger partial charge in [-0.3, -0.25) is 9.59 Å². The van der Waals surface area contributed by atoms with Crippen LogP contribution < -0.4 is 15.4 Å². The van der Waals surface area contributed by atoms with Crippen molar-refractivity contribution in [1.29, 1.82) is 0 Å². The number of ketones is 2. The lowest BCUT2D eigenvalue weighted by atomic mass is 9.82. The molecule has 1 aliphatic carbocycles. The molecule has 0 unspecified atom stereocenters. The summed E-state index contributed by atoms with van der Waals surface area (Å²) in [4.78, 5) is 26.0. The van der Waals surface area contributed by atoms with E-state index in [4.69, 9.17) is 4.74 Å². The van der Waals surface area contributed by atoms with Crippen molar-refractivity contribution in [3.05, 3.63) is 101 Å². The molecule has 1 heterocycles. The van der Waals surface area contributed by atoms with Crippen LogP contribution in [0.1, 0.15) is 40.4 Å². The molecule has 2 atom stereocenters. The molecule has 0 spiro atoms. The van der Waals surface area contributed by atoms with Gasteiger partial charge in [0.1, 0.15) is 11.5 Å². The predicted octanol–water partition coefficient (Wildman–Crippen LogP) is 5.37. The highest BCUT2D eigenvalue weighted by atomic mass is 16.5. The second-order valence-corrected chi connectivity index (χ2v) is 8.12. The average molecular weight is 425 g/mol. The Bertz CT molecular complexity index is 1220. The number of methoxy groups -OCH3 is 1. The van der Waals surface area contributed by atoms with E-state index in [1.807, 2.05) is 72.8 Å². The number of allylic oxidation sites excluding steroid dienone is 1. The van der Waals surface area contributed by atoms with Crippen molar-refractivity contribution >= 4 is 22.9 Å². The van der Waals surface area contributed by atoms with Crippen LogP contribution in [0.25, 0.3) is 0 Å². The summed E-state index contributed by atoms with van der Waals surface area (Å²) in [5.74, 6) is 0.577. The van der Waals surface area contributed by atoms with Gasteiger partial charge in [-0.05, 0) is 42.3 Å². The van der Waals surface area contributed by atoms with Crippen LogP contribution in [-0.2, 0) is 4.79 Å². The van der Waals surface area contributed by atoms with Gasteiger partial charge in [-0.1, -0.05) is 48.5 Å². The van der Waals surface area contributed by atoms with E-state index < -0.39 is 0 Å². The van der Waals surface area contributed by atoms with Crippen LogP contribution >= 0.6 is 0 Å². The van der Waals surface area contributed by atoms with Crippen molar-refractivity contribution in [3.8, 4) is 5.75 Å². The molecule has 5 rings (SSSR count). The monoisotopic (exact) mass is 424 g/mol. The van der Waals surface area contributed by atoms with Crippen molar-refractivity contribution in [2.75, 3.05) is 17.7 Å². The van der Waals surface area contributed by atoms with Crippen LogP contribution in [-0.4, -0.2) is 18.7 Å². The number of rotatable bonds is 4. The summed E-state index contributed by atoms with van der Waals surface area (Å²) in [6.45, 7) is 0. The number of carbonyl (C=O) groups is 2. The number of anilines is 2. The lowest BCUT2D eigenvalue weighted by Crippen LogP contribution is -2.31. The standard InChI is InChI=1S/C27H24N2O3/c1-32-20-10-5-9-18(15-20)26-25-22(11-6-12-24(25)30)28-23-16-19(13-14-21(23)29-26)27(31)17-7-3-2-4-8-17/h2-5,7-11,13-16,25-26,28-29H,6,12H2,1H3/t25-,26+/m0/s1. The maximum atomic E-state index is 13.0. The fourth-order valence-electron chi connectivity index (χ4n) is 4.51. The quantitative estimate of drug-likeness (QED) is 0.552. The molecule has 0 fully saturated rings. The fraction of sp³-hybridized carbons (Fsp3) is 0.185. The Morgan fingerprint density at radius 2 is 1.78 bits per heavy atom. The molecule has 1 aliphatic heterocycles. The van der Waals surface area contributed by atoms with Crippen molar-refractivity contribution in [2.24, 2.45) is 5.92 Å². The Labute approximate surface area is 187 Å². The zero-order valence-corrected chi connectivity index (χ0v) is 17.8. The third-order valence-corrected chi connectivity index (χ3v) is 6.13. The second kappa shape index (κ2) is 8.35. The maximum absolute atomic E-state index is 13.0. The molecule has 5 nitrogen and oxygen atoms in total. The number of Topliss-reactive ketones (excluding diaryl/α,β-unsaturated/α-hetero) is 1. The number of ether oxygens (including phenoxy) is 1. The molecular formula is C27H24N2O3. The van der Waals surface area contributed by atoms with E-state index in [9.17, 15) is 9.59 Å². The molecule has 2 N–H and O–H groups in total. The zero-order chi connectivity index (χ0) is 22.1. The van der Waals surface area contributed by atoms with E-state index in [2.05, 4.69) is 16.7 Å². The van der Waals surface area contributed by atoms with Crippen LogP contribution in [0.2, 0.25) is 0 Å². The Hall–Kier alpha value is -3.86. The van der Waals surface area contributed by atoms with Crippen LogP contribution in [0, 0.1) is 5.92 Å². The summed E-state index contributed by atoms with van der Waals surface area (Å²) in [6.07, 6.45) is 3.33. The Morgan fingerprint density at radius 1 is 0.938 bits per heavy atom. The first kappa shape index (κ1) is 20.1. The van der Waals surface area contributed by atoms with E-state index in [0.29, 0.717) is 24.0 Å². The van der Waals surface area contributed by atoms with Crippen molar-refractivity contribution in [2.45, 2.75) is 18.9 Å². The van der Waals surface area contributed by atoms with Gasteiger partial charge in [-0.25, -0.2) is 0 Å². The molecule has 0 saturated carbocycles. The normalized spacial score (nSPS) is 19.4. The summed E-state index contributed by atoms with van der Waals surface area (Å²) in [7, 11) is 1.64. The lowest BCUT2D eigenvalue weighted by Gasteiger charge is -2.29. The number of fused-ring (bicyclic) bond motifs is 2. The van der Waals surface area contributed by atoms with Crippen molar-refractivity contribution in [1.82, 2.24) is 0 Å². The first-order chi connectivity index (χ1) is 15.6. The van der Waals surface area contributed by atoms with Crippen LogP contribution in [0.5, 0.6) is 5.75 Å². The minimum Gasteiger partial charge on any atom is -0.497 e. The van der Waals surface area contributed by atoms with Gasteiger partial charge >= 0.3 is 0 Å². The largest absolute Gasteiger partial charge is 0.497 e. The molecule has 0 amide bonds. The Kier molecular flexibility index (Phi) is 5.23. The molecule has 0 bridgehead atoms. The zero-order valence-electron chi connectivity index (χ0n) is 17.8. The van der Waals surface area contributed by atoms with Crippen LogP contribution in [0.3, 0.4) is 0 Å². The van der Waals surface area contributed by atoms with E-state index in [0.717, 1.165) is 28.4 Å². The molecule has 2 aliphatic rings. The van der Waals surface area contributed by atoms with Gasteiger partial charge in [-0.2, -0.15) is 0 Å². The van der Waals surface area contributed by atoms with E-state index >= 15 is 0 Å². The van der Waals surface area contributed by atoms with Gasteiger partial charge < -0.3 is 15.4 Å². The Balaban J connectivity index is 1.57. The number of nitrogens with one attached hydrogen (secondary N) is 2. The average Bonchev–Trinajstić information content (AvgIpc) is 3.01. The topological polar surface area (TPSA) is 67.4 Å². The van der Waals surface area contributed by atoms with Gasteiger partial charge in [-0.15, -0.1) is 0 Å². The van der Waals surface area contributed by atoms with Crippen molar-refractivity contribution < 1.29 is 14.3 Å². The molecule has 0 saturated heterocycles. The summed E-state index contributed by atoms with van der Waals surface area (Å²) < 4.78 is 5.41. The number of hydrogen-bond acceptors (Lipinski definition) is 5. The van der Waals surface area contributed by atoms with Gasteiger partial charge in [0.15, 0.2) is 5.78 Å². The first-order valence-corrected chi connectivity index (χ1v) is 10.8. The van der Waals surface area contributed by atoms with Crippen LogP contribution in [0.15, 0.2) is 84.6 Å². The van der Waals surface area contributed by atoms with E-state index in [1.54, 1.807) is 7.11 Å². The van der Waals surface area contributed by atoms with E-state index in [1.165, 1.54) is 0 Å². The molecule has 0 aromatic heterocycles. The molecule has 5 heteroatoms. The summed E-state index contributed by atoms with van der Waals surface area (Å²) in [5.41, 5.74) is 4.75. The van der Waals surface area contributed by atoms with Gasteiger partial charge in [0.2, 0.25) is 0 Å². The fourth-order valence-corrected chi connectivity index (χ4v) is 4.51. The second-order valence-electron chi connectivity index (χ2n) is 8.12. The molecule has 32 heavy (non-hydrogen) atoms. The number of benzene rings is 3. The molecule has 160 valence electrons. The van der Waals surface area contributed by atoms with Gasteiger partial charge in [0.05, 0.1) is 30.4 Å². The highest BCUT2D eigenvalue weighted by Gasteiger charge is 2.37. The third-order valence-electron chi connectivity index (χ3n) is 6.13. The smallest absolute Gasteiger partial charge is 0.193 e. The molecule has 3 aromatic rings. The highest BCUT2D eigenvalue weighted by molar-refractivity contribution is 6.10. The van der Waals surface area contributed by atoms with E-state index in [-0.39, 0.29) is 23.5 Å². The third kappa shape index (κ3) is 3.66. The predicted molar refractivity (Wildman–Crippen MR) is 125 cm³/mol. The lowest BCUT2D eigenvalue weighted by molar-refractivity contribution is -0.122. The highest BCUT2D eigenvalue weighted by Crippen LogP contribution is 2.42. The SMILES string of the molecule is COc1cccc([C@H]2Nc3ccc(C(=O)c4ccccc4)cc3NC3=CCCC(=O)[C@H]32)c1. The number of carbonyl (C=O) groups excluding carboxylic acids is 2.